The number of hydrogen-bond donors (Lipinski definition) is 0. The van der Waals surface area contributed by atoms with Crippen LogP contribution < -0.4 is 0 Å². The van der Waals surface area contributed by atoms with Crippen LogP contribution in [0.3, 0.4) is 0 Å². The number of pyridine rings is 1. The van der Waals surface area contributed by atoms with Crippen molar-refractivity contribution in [3.8, 4) is 11.3 Å². The first-order chi connectivity index (χ1) is 11.0. The highest BCUT2D eigenvalue weighted by Gasteiger charge is 2.15. The quantitative estimate of drug-likeness (QED) is 0.545. The molecule has 0 spiro atoms. The summed E-state index contributed by atoms with van der Waals surface area (Å²) in [5, 5.41) is 2.01. The highest BCUT2D eigenvalue weighted by atomic mass is 35.5. The summed E-state index contributed by atoms with van der Waals surface area (Å²) >= 11 is 6.03. The summed E-state index contributed by atoms with van der Waals surface area (Å²) in [6, 6.07) is 10.0. The first-order valence-corrected chi connectivity index (χ1v) is 8.20. The van der Waals surface area contributed by atoms with E-state index >= 15 is 0 Å². The summed E-state index contributed by atoms with van der Waals surface area (Å²) in [5.74, 6) is 0. The fourth-order valence-corrected chi connectivity index (χ4v) is 3.04. The van der Waals surface area contributed by atoms with Crippen LogP contribution in [0.2, 0.25) is 5.02 Å². The molecule has 118 valence electrons. The molecule has 1 aromatic carbocycles. The van der Waals surface area contributed by atoms with Crippen molar-refractivity contribution in [2.75, 3.05) is 0 Å². The lowest BCUT2D eigenvalue weighted by Gasteiger charge is -2.10. The maximum atomic E-state index is 6.03. The van der Waals surface area contributed by atoms with Gasteiger partial charge in [-0.05, 0) is 51.5 Å². The number of halogens is 1. The summed E-state index contributed by atoms with van der Waals surface area (Å²) in [6.45, 7) is 9.49. The zero-order valence-corrected chi connectivity index (χ0v) is 14.8. The van der Waals surface area contributed by atoms with Crippen molar-refractivity contribution in [1.82, 2.24) is 9.55 Å². The van der Waals surface area contributed by atoms with Gasteiger partial charge in [-0.3, -0.25) is 4.98 Å². The topological polar surface area (TPSA) is 17.8 Å². The molecule has 0 amide bonds. The van der Waals surface area contributed by atoms with E-state index in [-0.39, 0.29) is 0 Å². The average Bonchev–Trinajstić information content (AvgIpc) is 2.78. The Morgan fingerprint density at radius 3 is 2.48 bits per heavy atom. The molecule has 0 unspecified atom stereocenters. The number of fused-ring (bicyclic) bond motifs is 1. The molecule has 23 heavy (non-hydrogen) atoms. The van der Waals surface area contributed by atoms with Crippen molar-refractivity contribution in [3.05, 3.63) is 64.5 Å². The van der Waals surface area contributed by atoms with Crippen molar-refractivity contribution in [3.63, 3.8) is 0 Å². The number of hydrogen-bond acceptors (Lipinski definition) is 1. The minimum atomic E-state index is 0.744. The highest BCUT2D eigenvalue weighted by molar-refractivity contribution is 6.30. The van der Waals surface area contributed by atoms with E-state index in [1.807, 2.05) is 30.5 Å². The van der Waals surface area contributed by atoms with Crippen LogP contribution in [0.1, 0.15) is 25.1 Å². The third kappa shape index (κ3) is 2.91. The van der Waals surface area contributed by atoms with E-state index in [4.69, 9.17) is 11.6 Å². The Kier molecular flexibility index (Phi) is 4.27. The second-order valence-corrected chi connectivity index (χ2v) is 6.60. The zero-order chi connectivity index (χ0) is 16.6. The van der Waals surface area contributed by atoms with Gasteiger partial charge in [0, 0.05) is 34.4 Å². The summed E-state index contributed by atoms with van der Waals surface area (Å²) < 4.78 is 2.36. The van der Waals surface area contributed by atoms with Gasteiger partial charge in [-0.25, -0.2) is 0 Å². The van der Waals surface area contributed by atoms with Crippen molar-refractivity contribution in [1.29, 1.82) is 0 Å². The first kappa shape index (κ1) is 15.8. The van der Waals surface area contributed by atoms with Crippen molar-refractivity contribution < 1.29 is 0 Å². The van der Waals surface area contributed by atoms with Crippen LogP contribution in [-0.4, -0.2) is 9.55 Å². The number of nitrogens with zero attached hydrogens (tertiary/aromatic N) is 2. The fourth-order valence-electron chi connectivity index (χ4n) is 2.92. The smallest absolute Gasteiger partial charge is 0.0945 e. The molecule has 2 heterocycles. The van der Waals surface area contributed by atoms with Crippen LogP contribution in [0.25, 0.3) is 22.2 Å². The van der Waals surface area contributed by atoms with Gasteiger partial charge >= 0.3 is 0 Å². The minimum Gasteiger partial charge on any atom is -0.339 e. The molecule has 0 saturated carbocycles. The molecule has 0 aliphatic heterocycles. The van der Waals surface area contributed by atoms with Crippen LogP contribution in [0.15, 0.2) is 48.2 Å². The lowest BCUT2D eigenvalue weighted by atomic mass is 10.1. The standard InChI is InChI=1S/C20H21ClN2/c1-13(2)10-12-23-15(4)14(3)18-9-11-22-19(20(18)23)16-5-7-17(21)8-6-16/h5-11H,12H2,1-4H3. The van der Waals surface area contributed by atoms with Crippen LogP contribution in [-0.2, 0) is 6.54 Å². The summed E-state index contributed by atoms with van der Waals surface area (Å²) in [6.07, 6.45) is 4.15. The van der Waals surface area contributed by atoms with Crippen molar-refractivity contribution in [2.45, 2.75) is 34.2 Å². The molecular formula is C20H21ClN2. The molecule has 3 aromatic rings. The second-order valence-electron chi connectivity index (χ2n) is 6.17. The van der Waals surface area contributed by atoms with Crippen LogP contribution in [0, 0.1) is 13.8 Å². The number of aryl methyl sites for hydroxylation is 1. The average molecular weight is 325 g/mol. The van der Waals surface area contributed by atoms with Gasteiger partial charge in [-0.2, -0.15) is 0 Å². The Bertz CT molecular complexity index is 882. The van der Waals surface area contributed by atoms with Crippen molar-refractivity contribution >= 4 is 22.5 Å². The van der Waals surface area contributed by atoms with Crippen molar-refractivity contribution in [2.24, 2.45) is 0 Å². The molecule has 0 aliphatic rings. The third-order valence-electron chi connectivity index (χ3n) is 4.35. The van der Waals surface area contributed by atoms with E-state index in [0.717, 1.165) is 22.8 Å². The monoisotopic (exact) mass is 324 g/mol. The van der Waals surface area contributed by atoms with Crippen LogP contribution >= 0.6 is 11.6 Å². The van der Waals surface area contributed by atoms with Gasteiger partial charge in [0.2, 0.25) is 0 Å². The van der Waals surface area contributed by atoms with Crippen LogP contribution in [0.5, 0.6) is 0 Å². The maximum Gasteiger partial charge on any atom is 0.0945 e. The third-order valence-corrected chi connectivity index (χ3v) is 4.60. The van der Waals surface area contributed by atoms with Gasteiger partial charge < -0.3 is 4.57 Å². The Morgan fingerprint density at radius 2 is 1.83 bits per heavy atom. The van der Waals surface area contributed by atoms with E-state index in [2.05, 4.69) is 49.4 Å². The lowest BCUT2D eigenvalue weighted by Crippen LogP contribution is -2.00. The molecule has 0 N–H and O–H groups in total. The van der Waals surface area contributed by atoms with Gasteiger partial charge in [0.05, 0.1) is 11.2 Å². The molecule has 3 heteroatoms. The van der Waals surface area contributed by atoms with Crippen LogP contribution in [0.4, 0.5) is 0 Å². The summed E-state index contributed by atoms with van der Waals surface area (Å²) in [5.41, 5.74) is 7.23. The zero-order valence-electron chi connectivity index (χ0n) is 14.0. The Balaban J connectivity index is 2.28. The minimum absolute atomic E-state index is 0.744. The highest BCUT2D eigenvalue weighted by Crippen LogP contribution is 2.32. The number of allylic oxidation sites excluding steroid dienone is 2. The Hall–Kier alpha value is -2.06. The predicted octanol–water partition coefficient (Wildman–Crippen LogP) is 5.94. The van der Waals surface area contributed by atoms with E-state index in [9.17, 15) is 0 Å². The molecule has 0 aliphatic carbocycles. The fraction of sp³-hybridized carbons (Fsp3) is 0.250. The van der Waals surface area contributed by atoms with Gasteiger partial charge in [-0.1, -0.05) is 35.4 Å². The maximum absolute atomic E-state index is 6.03. The Morgan fingerprint density at radius 1 is 1.13 bits per heavy atom. The van der Waals surface area contributed by atoms with Gasteiger partial charge in [-0.15, -0.1) is 0 Å². The molecule has 0 atom stereocenters. The van der Waals surface area contributed by atoms with E-state index in [0.29, 0.717) is 0 Å². The predicted molar refractivity (Wildman–Crippen MR) is 99.1 cm³/mol. The molecular weight excluding hydrogens is 304 g/mol. The lowest BCUT2D eigenvalue weighted by molar-refractivity contribution is 0.816. The number of aromatic nitrogens is 2. The molecule has 2 nitrogen and oxygen atoms in total. The van der Waals surface area contributed by atoms with Gasteiger partial charge in [0.15, 0.2) is 0 Å². The molecule has 0 bridgehead atoms. The molecule has 0 saturated heterocycles. The molecule has 3 rings (SSSR count). The largest absolute Gasteiger partial charge is 0.339 e. The van der Waals surface area contributed by atoms with E-state index < -0.39 is 0 Å². The normalized spacial score (nSPS) is 11.0. The van der Waals surface area contributed by atoms with Gasteiger partial charge in [0.1, 0.15) is 0 Å². The van der Waals surface area contributed by atoms with E-state index in [1.165, 1.54) is 27.7 Å². The Labute approximate surface area is 142 Å². The SMILES string of the molecule is CC(C)=CCn1c(C)c(C)c2ccnc(-c3ccc(Cl)cc3)c21. The summed E-state index contributed by atoms with van der Waals surface area (Å²) in [7, 11) is 0. The van der Waals surface area contributed by atoms with Gasteiger partial charge in [0.25, 0.3) is 0 Å². The number of benzene rings is 1. The first-order valence-electron chi connectivity index (χ1n) is 7.82. The molecule has 2 aromatic heterocycles. The molecule has 0 radical (unpaired) electrons. The van der Waals surface area contributed by atoms with E-state index in [1.54, 1.807) is 0 Å². The summed E-state index contributed by atoms with van der Waals surface area (Å²) in [4.78, 5) is 4.66. The number of rotatable bonds is 3. The second kappa shape index (κ2) is 6.21. The molecule has 0 fully saturated rings.